The van der Waals surface area contributed by atoms with Crippen LogP contribution >= 0.6 is 0 Å². The predicted octanol–water partition coefficient (Wildman–Crippen LogP) is 3.54. The Morgan fingerprint density at radius 2 is 2.00 bits per heavy atom. The number of benzene rings is 1. The molecular weight excluding hydrogens is 315 g/mol. The summed E-state index contributed by atoms with van der Waals surface area (Å²) in [5.74, 6) is 0.750. The van der Waals surface area contributed by atoms with Crippen molar-refractivity contribution in [2.45, 2.75) is 51.5 Å². The van der Waals surface area contributed by atoms with Crippen LogP contribution in [0.3, 0.4) is 0 Å². The second kappa shape index (κ2) is 8.07. The first-order valence-electron chi connectivity index (χ1n) is 9.56. The Kier molecular flexibility index (Phi) is 5.82. The Bertz CT molecular complexity index is 587. The van der Waals surface area contributed by atoms with Crippen molar-refractivity contribution in [2.75, 3.05) is 31.6 Å². The van der Waals surface area contributed by atoms with Gasteiger partial charge in [-0.15, -0.1) is 0 Å². The molecule has 1 saturated carbocycles. The van der Waals surface area contributed by atoms with E-state index in [2.05, 4.69) is 27.4 Å². The summed E-state index contributed by atoms with van der Waals surface area (Å²) in [6, 6.07) is 7.31. The fourth-order valence-corrected chi connectivity index (χ4v) is 4.05. The third-order valence-corrected chi connectivity index (χ3v) is 5.73. The van der Waals surface area contributed by atoms with Crippen LogP contribution in [0.25, 0.3) is 0 Å². The molecule has 0 spiro atoms. The van der Waals surface area contributed by atoms with E-state index in [4.69, 9.17) is 0 Å². The average Bonchev–Trinajstić information content (AvgIpc) is 3.06. The number of nitrogens with one attached hydrogen (secondary N) is 2. The van der Waals surface area contributed by atoms with Crippen molar-refractivity contribution in [3.05, 3.63) is 30.1 Å². The second-order valence-corrected chi connectivity index (χ2v) is 7.83. The first kappa shape index (κ1) is 18.0. The van der Waals surface area contributed by atoms with E-state index in [1.54, 1.807) is 12.1 Å². The summed E-state index contributed by atoms with van der Waals surface area (Å²) in [4.78, 5) is 6.66. The number of aliphatic imine (C=N–C) groups is 1. The van der Waals surface area contributed by atoms with Crippen LogP contribution in [0.5, 0.6) is 0 Å². The highest BCUT2D eigenvalue weighted by molar-refractivity contribution is 5.80. The van der Waals surface area contributed by atoms with Crippen molar-refractivity contribution < 1.29 is 4.39 Å². The summed E-state index contributed by atoms with van der Waals surface area (Å²) in [5.41, 5.74) is 1.40. The minimum Gasteiger partial charge on any atom is -0.371 e. The fourth-order valence-electron chi connectivity index (χ4n) is 4.05. The Morgan fingerprint density at radius 3 is 2.64 bits per heavy atom. The van der Waals surface area contributed by atoms with Crippen LogP contribution in [0, 0.1) is 11.2 Å². The van der Waals surface area contributed by atoms with Crippen molar-refractivity contribution in [3.8, 4) is 0 Å². The van der Waals surface area contributed by atoms with Crippen LogP contribution in [-0.4, -0.2) is 38.7 Å². The van der Waals surface area contributed by atoms with Gasteiger partial charge in [0.1, 0.15) is 5.82 Å². The van der Waals surface area contributed by atoms with Gasteiger partial charge in [-0.3, -0.25) is 4.99 Å². The number of piperidine rings is 1. The van der Waals surface area contributed by atoms with Gasteiger partial charge in [0.05, 0.1) is 0 Å². The largest absolute Gasteiger partial charge is 0.371 e. The normalized spacial score (nSPS) is 21.4. The van der Waals surface area contributed by atoms with E-state index < -0.39 is 0 Å². The monoisotopic (exact) mass is 346 g/mol. The van der Waals surface area contributed by atoms with Crippen LogP contribution < -0.4 is 15.5 Å². The highest BCUT2D eigenvalue weighted by Gasteiger charge is 2.29. The Hall–Kier alpha value is -1.78. The maximum atomic E-state index is 13.4. The molecule has 1 aromatic rings. The smallest absolute Gasteiger partial charge is 0.191 e. The van der Waals surface area contributed by atoms with E-state index in [-0.39, 0.29) is 5.82 Å². The minimum absolute atomic E-state index is 0.164. The first-order chi connectivity index (χ1) is 12.1. The van der Waals surface area contributed by atoms with E-state index in [0.717, 1.165) is 44.1 Å². The number of rotatable bonds is 4. The molecule has 4 nitrogen and oxygen atoms in total. The maximum absolute atomic E-state index is 13.4. The van der Waals surface area contributed by atoms with Gasteiger partial charge in [-0.25, -0.2) is 4.39 Å². The molecule has 1 aliphatic carbocycles. The fraction of sp³-hybridized carbons (Fsp3) is 0.650. The van der Waals surface area contributed by atoms with Gasteiger partial charge in [-0.2, -0.15) is 0 Å². The Morgan fingerprint density at radius 1 is 1.28 bits per heavy atom. The number of guanidine groups is 1. The van der Waals surface area contributed by atoms with Gasteiger partial charge in [0.2, 0.25) is 0 Å². The lowest BCUT2D eigenvalue weighted by atomic mass is 9.89. The van der Waals surface area contributed by atoms with Crippen molar-refractivity contribution in [3.63, 3.8) is 0 Å². The van der Waals surface area contributed by atoms with Crippen molar-refractivity contribution in [2.24, 2.45) is 10.4 Å². The molecule has 25 heavy (non-hydrogen) atoms. The lowest BCUT2D eigenvalue weighted by Crippen LogP contribution is -2.50. The molecule has 5 heteroatoms. The molecule has 2 N–H and O–H groups in total. The zero-order chi connectivity index (χ0) is 17.7. The van der Waals surface area contributed by atoms with Crippen molar-refractivity contribution in [1.29, 1.82) is 0 Å². The third-order valence-electron chi connectivity index (χ3n) is 5.73. The molecule has 1 heterocycles. The molecule has 0 amide bonds. The molecule has 1 aliphatic heterocycles. The Balaban J connectivity index is 1.46. The zero-order valence-electron chi connectivity index (χ0n) is 15.5. The summed E-state index contributed by atoms with van der Waals surface area (Å²) >= 11 is 0. The summed E-state index contributed by atoms with van der Waals surface area (Å²) in [6.45, 7) is 5.25. The molecule has 0 unspecified atom stereocenters. The predicted molar refractivity (Wildman–Crippen MR) is 103 cm³/mol. The number of halogens is 1. The van der Waals surface area contributed by atoms with Gasteiger partial charge >= 0.3 is 0 Å². The van der Waals surface area contributed by atoms with E-state index in [1.807, 2.05) is 13.1 Å². The molecule has 0 aromatic heterocycles. The zero-order valence-corrected chi connectivity index (χ0v) is 15.5. The van der Waals surface area contributed by atoms with Crippen molar-refractivity contribution >= 4 is 11.6 Å². The number of nitrogens with zero attached hydrogens (tertiary/aromatic N) is 2. The SMILES string of the molecule is CN=C(NCC1(C)CCCC1)NC1CCN(c2cccc(F)c2)CC1. The summed E-state index contributed by atoms with van der Waals surface area (Å²) in [6.07, 6.45) is 7.39. The number of anilines is 1. The van der Waals surface area contributed by atoms with E-state index in [0.29, 0.717) is 11.5 Å². The van der Waals surface area contributed by atoms with Crippen LogP contribution in [-0.2, 0) is 0 Å². The Labute approximate surface area is 150 Å². The van der Waals surface area contributed by atoms with Crippen LogP contribution in [0.15, 0.2) is 29.3 Å². The average molecular weight is 346 g/mol. The highest BCUT2D eigenvalue weighted by atomic mass is 19.1. The highest BCUT2D eigenvalue weighted by Crippen LogP contribution is 2.36. The molecule has 138 valence electrons. The van der Waals surface area contributed by atoms with E-state index in [9.17, 15) is 4.39 Å². The van der Waals surface area contributed by atoms with Gasteiger partial charge in [0, 0.05) is 38.4 Å². The standard InChI is InChI=1S/C20H31FN4/c1-20(10-3-4-11-20)15-23-19(22-2)24-17-8-12-25(13-9-17)18-7-5-6-16(21)14-18/h5-7,14,17H,3-4,8-13,15H2,1-2H3,(H2,22,23,24). The lowest BCUT2D eigenvalue weighted by Gasteiger charge is -2.35. The second-order valence-electron chi connectivity index (χ2n) is 7.83. The topological polar surface area (TPSA) is 39.7 Å². The molecule has 0 bridgehead atoms. The molecule has 2 aliphatic rings. The lowest BCUT2D eigenvalue weighted by molar-refractivity contribution is 0.332. The summed E-state index contributed by atoms with van der Waals surface area (Å²) in [5, 5.41) is 7.09. The summed E-state index contributed by atoms with van der Waals surface area (Å²) in [7, 11) is 1.84. The minimum atomic E-state index is -0.164. The maximum Gasteiger partial charge on any atom is 0.191 e. The molecule has 1 saturated heterocycles. The van der Waals surface area contributed by atoms with Gasteiger partial charge < -0.3 is 15.5 Å². The van der Waals surface area contributed by atoms with Crippen LogP contribution in [0.1, 0.15) is 45.4 Å². The molecular formula is C20H31FN4. The third kappa shape index (κ3) is 4.86. The van der Waals surface area contributed by atoms with Gasteiger partial charge in [-0.05, 0) is 49.3 Å². The van der Waals surface area contributed by atoms with Gasteiger partial charge in [0.25, 0.3) is 0 Å². The first-order valence-corrected chi connectivity index (χ1v) is 9.56. The van der Waals surface area contributed by atoms with Crippen LogP contribution in [0.4, 0.5) is 10.1 Å². The number of hydrogen-bond donors (Lipinski definition) is 2. The molecule has 3 rings (SSSR count). The van der Waals surface area contributed by atoms with Crippen molar-refractivity contribution in [1.82, 2.24) is 10.6 Å². The quantitative estimate of drug-likeness (QED) is 0.647. The van der Waals surface area contributed by atoms with Gasteiger partial charge in [-0.1, -0.05) is 25.8 Å². The van der Waals surface area contributed by atoms with Crippen LogP contribution in [0.2, 0.25) is 0 Å². The molecule has 0 radical (unpaired) electrons. The number of hydrogen-bond acceptors (Lipinski definition) is 2. The molecule has 0 atom stereocenters. The molecule has 2 fully saturated rings. The molecule has 1 aromatic carbocycles. The van der Waals surface area contributed by atoms with E-state index in [1.165, 1.54) is 31.7 Å². The summed E-state index contributed by atoms with van der Waals surface area (Å²) < 4.78 is 13.4. The van der Waals surface area contributed by atoms with E-state index >= 15 is 0 Å². The van der Waals surface area contributed by atoms with Gasteiger partial charge in [0.15, 0.2) is 5.96 Å².